The quantitative estimate of drug-likeness (QED) is 0.213. The van der Waals surface area contributed by atoms with Crippen LogP contribution in [0.5, 0.6) is 0 Å². The molecule has 3 fully saturated rings. The standard InChI is InChI=1S/C41H63N3O4Si/c1-28(27-45)14-13-15-29(2)32-18-19-33-38(32,6)22-21-34-39(7)23-20-31(48-49(8,9)37(3,4)5)26-40(39)24-25-41(33,34)44-36(47)42(35(46)43(40)44)30-16-11-10-12-17-30/h10-12,16-17,24-25,28-29,31-34,45H,13-15,18-23,26-27H2,1-9H3/t28-,29+,31-,32+,33+,34+,38+,39+,40+,41-/m0/s1. The number of benzene rings is 1. The van der Waals surface area contributed by atoms with E-state index in [1.165, 1.54) is 23.8 Å². The van der Waals surface area contributed by atoms with Crippen LogP contribution in [0.4, 0.5) is 0 Å². The summed E-state index contributed by atoms with van der Waals surface area (Å²) in [5.74, 6) is 2.07. The van der Waals surface area contributed by atoms with E-state index in [2.05, 4.69) is 73.7 Å². The van der Waals surface area contributed by atoms with Crippen molar-refractivity contribution in [1.82, 2.24) is 13.9 Å². The first kappa shape index (κ1) is 35.2. The normalized spacial score (nSPS) is 37.7. The topological polar surface area (TPSA) is 78.4 Å². The first-order chi connectivity index (χ1) is 23.0. The second-order valence-electron chi connectivity index (χ2n) is 19.2. The Morgan fingerprint density at radius 3 is 2.29 bits per heavy atom. The molecule has 3 heterocycles. The highest BCUT2D eigenvalue weighted by Gasteiger charge is 2.75. The van der Waals surface area contributed by atoms with Crippen LogP contribution in [0.25, 0.3) is 5.69 Å². The molecule has 0 radical (unpaired) electrons. The van der Waals surface area contributed by atoms with E-state index in [1.807, 2.05) is 39.7 Å². The van der Waals surface area contributed by atoms with Crippen molar-refractivity contribution in [1.29, 1.82) is 0 Å². The molecule has 1 aromatic heterocycles. The summed E-state index contributed by atoms with van der Waals surface area (Å²) in [4.78, 5) is 30.1. The molecule has 8 rings (SSSR count). The molecule has 2 aliphatic heterocycles. The van der Waals surface area contributed by atoms with Crippen LogP contribution in [0, 0.1) is 40.4 Å². The van der Waals surface area contributed by atoms with Crippen molar-refractivity contribution in [2.45, 2.75) is 148 Å². The maximum Gasteiger partial charge on any atom is 0.352 e. The molecule has 0 unspecified atom stereocenters. The first-order valence-corrected chi connectivity index (χ1v) is 22.4. The third-order valence-corrected chi connectivity index (χ3v) is 20.3. The third-order valence-electron chi connectivity index (χ3n) is 15.7. The Kier molecular flexibility index (Phi) is 8.40. The van der Waals surface area contributed by atoms with Gasteiger partial charge >= 0.3 is 11.4 Å². The minimum absolute atomic E-state index is 0.0406. The molecule has 1 aromatic carbocycles. The summed E-state index contributed by atoms with van der Waals surface area (Å²) in [6.07, 6.45) is 15.5. The molecule has 8 heteroatoms. The summed E-state index contributed by atoms with van der Waals surface area (Å²) in [6, 6.07) is 9.58. The van der Waals surface area contributed by atoms with Crippen molar-refractivity contribution < 1.29 is 9.53 Å². The molecule has 0 amide bonds. The van der Waals surface area contributed by atoms with Crippen LogP contribution in [0.1, 0.15) is 113 Å². The van der Waals surface area contributed by atoms with E-state index >= 15 is 9.59 Å². The summed E-state index contributed by atoms with van der Waals surface area (Å²) in [7, 11) is -2.07. The molecule has 10 atom stereocenters. The molecule has 3 saturated carbocycles. The summed E-state index contributed by atoms with van der Waals surface area (Å²) >= 11 is 0. The van der Waals surface area contributed by atoms with E-state index in [-0.39, 0.29) is 51.8 Å². The number of fused-ring (bicyclic) bond motifs is 1. The Morgan fingerprint density at radius 2 is 1.61 bits per heavy atom. The number of hydrogen-bond donors (Lipinski definition) is 1. The molecule has 2 aromatic rings. The number of aromatic nitrogens is 3. The predicted molar refractivity (Wildman–Crippen MR) is 200 cm³/mol. The Labute approximate surface area is 295 Å². The number of allylic oxidation sites excluding steroid dienone is 2. The highest BCUT2D eigenvalue weighted by atomic mass is 28.4. The van der Waals surface area contributed by atoms with Crippen LogP contribution in [-0.2, 0) is 15.5 Å². The number of rotatable bonds is 9. The smallest absolute Gasteiger partial charge is 0.352 e. The fourth-order valence-electron chi connectivity index (χ4n) is 12.1. The largest absolute Gasteiger partial charge is 0.414 e. The molecule has 2 bridgehead atoms. The van der Waals surface area contributed by atoms with E-state index in [9.17, 15) is 5.11 Å². The Morgan fingerprint density at radius 1 is 0.918 bits per heavy atom. The average Bonchev–Trinajstić information content (AvgIpc) is 3.55. The van der Waals surface area contributed by atoms with Crippen LogP contribution in [0.15, 0.2) is 52.1 Å². The molecule has 6 aliphatic rings. The van der Waals surface area contributed by atoms with Crippen LogP contribution >= 0.6 is 0 Å². The summed E-state index contributed by atoms with van der Waals surface area (Å²) in [6.45, 7) is 21.4. The summed E-state index contributed by atoms with van der Waals surface area (Å²) in [5, 5.41) is 9.70. The Balaban J connectivity index is 1.37. The van der Waals surface area contributed by atoms with Crippen molar-refractivity contribution in [3.8, 4) is 5.69 Å². The lowest BCUT2D eigenvalue weighted by Crippen LogP contribution is -2.76. The number of aliphatic hydroxyl groups is 1. The summed E-state index contributed by atoms with van der Waals surface area (Å²) in [5.41, 5.74) is -0.982. The van der Waals surface area contributed by atoms with Gasteiger partial charge in [0.2, 0.25) is 0 Å². The highest BCUT2D eigenvalue weighted by Crippen LogP contribution is 2.74. The minimum Gasteiger partial charge on any atom is -0.414 e. The van der Waals surface area contributed by atoms with Crippen molar-refractivity contribution in [3.05, 3.63) is 63.5 Å². The third kappa shape index (κ3) is 4.77. The number of aliphatic hydroxyl groups excluding tert-OH is 1. The molecule has 7 nitrogen and oxygen atoms in total. The van der Waals surface area contributed by atoms with Crippen molar-refractivity contribution in [3.63, 3.8) is 0 Å². The van der Waals surface area contributed by atoms with Gasteiger partial charge in [-0.1, -0.05) is 91.7 Å². The van der Waals surface area contributed by atoms with Crippen molar-refractivity contribution >= 4 is 8.32 Å². The number of para-hydroxylation sites is 1. The van der Waals surface area contributed by atoms with E-state index in [0.717, 1.165) is 44.9 Å². The lowest BCUT2D eigenvalue weighted by atomic mass is 9.40. The van der Waals surface area contributed by atoms with Gasteiger partial charge in [0, 0.05) is 24.5 Å². The van der Waals surface area contributed by atoms with Gasteiger partial charge in [-0.25, -0.2) is 23.5 Å². The van der Waals surface area contributed by atoms with Gasteiger partial charge in [0.1, 0.15) is 0 Å². The molecular weight excluding hydrogens is 627 g/mol. The lowest BCUT2D eigenvalue weighted by Gasteiger charge is -2.71. The SMILES string of the molecule is C[C@H](CO)CCC[C@@H](C)[C@H]1CC[C@@H]2[C@]1(C)CC[C@H]1[C@]23C=C[C@]2(C[C@@H](O[Si](C)(C)C(C)(C)C)CC[C@]12C)n1c(=O)n(-c2ccccc2)c(=O)n13. The average molecular weight is 690 g/mol. The van der Waals surface area contributed by atoms with Crippen molar-refractivity contribution in [2.75, 3.05) is 6.61 Å². The molecule has 0 saturated heterocycles. The van der Waals surface area contributed by atoms with E-state index in [1.54, 1.807) is 0 Å². The molecule has 2 spiro atoms. The van der Waals surface area contributed by atoms with Crippen LogP contribution < -0.4 is 11.4 Å². The van der Waals surface area contributed by atoms with Gasteiger partial charge in [-0.2, -0.15) is 0 Å². The number of hydrogen-bond acceptors (Lipinski definition) is 4. The van der Waals surface area contributed by atoms with Gasteiger partial charge < -0.3 is 9.53 Å². The zero-order valence-electron chi connectivity index (χ0n) is 31.8. The first-order valence-electron chi connectivity index (χ1n) is 19.5. The van der Waals surface area contributed by atoms with E-state index in [0.29, 0.717) is 23.4 Å². The summed E-state index contributed by atoms with van der Waals surface area (Å²) < 4.78 is 12.6. The molecule has 4 aliphatic carbocycles. The van der Waals surface area contributed by atoms with Gasteiger partial charge in [-0.15, -0.1) is 0 Å². The Hall–Kier alpha value is -2.16. The van der Waals surface area contributed by atoms with Gasteiger partial charge in [-0.05, 0) is 110 Å². The second kappa shape index (κ2) is 11.7. The van der Waals surface area contributed by atoms with Gasteiger partial charge in [0.15, 0.2) is 8.32 Å². The zero-order valence-corrected chi connectivity index (χ0v) is 32.8. The maximum absolute atomic E-state index is 15.1. The molecule has 1 N–H and O–H groups in total. The fraction of sp³-hybridized carbons (Fsp3) is 0.756. The van der Waals surface area contributed by atoms with Gasteiger partial charge in [0.25, 0.3) is 0 Å². The van der Waals surface area contributed by atoms with E-state index < -0.39 is 19.4 Å². The highest BCUT2D eigenvalue weighted by molar-refractivity contribution is 6.74. The van der Waals surface area contributed by atoms with Crippen LogP contribution in [-0.4, -0.2) is 40.1 Å². The fourth-order valence-corrected chi connectivity index (χ4v) is 13.5. The zero-order chi connectivity index (χ0) is 35.4. The lowest BCUT2D eigenvalue weighted by molar-refractivity contribution is -0.199. The van der Waals surface area contributed by atoms with Crippen LogP contribution in [0.2, 0.25) is 18.1 Å². The molecule has 270 valence electrons. The Bertz CT molecular complexity index is 1720. The molecular formula is C41H63N3O4Si. The minimum atomic E-state index is -2.07. The maximum atomic E-state index is 15.1. The van der Waals surface area contributed by atoms with E-state index in [4.69, 9.17) is 4.43 Å². The van der Waals surface area contributed by atoms with Gasteiger partial charge in [0.05, 0.1) is 16.8 Å². The van der Waals surface area contributed by atoms with Crippen molar-refractivity contribution in [2.24, 2.45) is 40.4 Å². The number of nitrogens with zero attached hydrogens (tertiary/aromatic N) is 3. The monoisotopic (exact) mass is 689 g/mol. The second-order valence-corrected chi connectivity index (χ2v) is 24.0. The molecule has 49 heavy (non-hydrogen) atoms. The van der Waals surface area contributed by atoms with Gasteiger partial charge in [-0.3, -0.25) is 0 Å². The van der Waals surface area contributed by atoms with Crippen LogP contribution in [0.3, 0.4) is 0 Å². The predicted octanol–water partition coefficient (Wildman–Crippen LogP) is 8.23.